The number of ether oxygens (including phenoxy) is 1. The van der Waals surface area contributed by atoms with Crippen molar-refractivity contribution in [2.45, 2.75) is 26.4 Å². The maximum atomic E-state index is 12.9. The highest BCUT2D eigenvalue weighted by Gasteiger charge is 2.28. The molecule has 0 fully saturated rings. The number of carbonyl (C=O) groups excluding carboxylic acids is 2. The quantitative estimate of drug-likeness (QED) is 0.819. The van der Waals surface area contributed by atoms with Crippen LogP contribution < -0.4 is 10.1 Å². The van der Waals surface area contributed by atoms with Gasteiger partial charge in [0.2, 0.25) is 5.91 Å². The first-order valence-corrected chi connectivity index (χ1v) is 8.49. The predicted octanol–water partition coefficient (Wildman–Crippen LogP) is 1.84. The van der Waals surface area contributed by atoms with E-state index < -0.39 is 6.04 Å². The van der Waals surface area contributed by atoms with E-state index in [1.807, 2.05) is 27.1 Å². The fraction of sp³-hybridized carbons (Fsp3) is 0.421. The molecule has 0 aliphatic heterocycles. The Labute approximate surface area is 153 Å². The summed E-state index contributed by atoms with van der Waals surface area (Å²) in [4.78, 5) is 27.1. The van der Waals surface area contributed by atoms with E-state index in [2.05, 4.69) is 10.4 Å². The van der Waals surface area contributed by atoms with Gasteiger partial charge >= 0.3 is 0 Å². The number of aromatic nitrogens is 2. The second kappa shape index (κ2) is 8.51. The summed E-state index contributed by atoms with van der Waals surface area (Å²) < 4.78 is 6.92. The van der Waals surface area contributed by atoms with Gasteiger partial charge in [-0.05, 0) is 18.1 Å². The molecule has 0 saturated carbocycles. The van der Waals surface area contributed by atoms with Crippen LogP contribution in [0.15, 0.2) is 36.7 Å². The molecule has 1 heterocycles. The number of likely N-dealkylation sites (N-methyl/N-ethyl adjacent to an activating group) is 1. The molecule has 0 radical (unpaired) electrons. The number of aryl methyl sites for hydroxylation is 1. The SMILES string of the molecule is COc1ccccc1C(=O)N[C@H](C(=O)N(C)Cc1cnn(C)c1)C(C)C. The van der Waals surface area contributed by atoms with Crippen LogP contribution in [0.1, 0.15) is 29.8 Å². The third-order valence-corrected chi connectivity index (χ3v) is 4.13. The number of methoxy groups -OCH3 is 1. The van der Waals surface area contributed by atoms with Gasteiger partial charge in [0.25, 0.3) is 5.91 Å². The molecule has 2 aromatic rings. The Hall–Kier alpha value is -2.83. The molecule has 2 rings (SSSR count). The Kier molecular flexibility index (Phi) is 6.38. The monoisotopic (exact) mass is 358 g/mol. The summed E-state index contributed by atoms with van der Waals surface area (Å²) >= 11 is 0. The molecule has 1 aromatic heterocycles. The van der Waals surface area contributed by atoms with Crippen molar-refractivity contribution in [2.75, 3.05) is 14.2 Å². The number of nitrogens with one attached hydrogen (secondary N) is 1. The number of nitrogens with zero attached hydrogens (tertiary/aromatic N) is 3. The van der Waals surface area contributed by atoms with E-state index in [0.717, 1.165) is 5.56 Å². The van der Waals surface area contributed by atoms with Crippen LogP contribution in [0.4, 0.5) is 0 Å². The minimum absolute atomic E-state index is 0.0579. The standard InChI is InChI=1S/C19H26N4O3/c1-13(2)17(19(25)22(3)11-14-10-20-23(4)12-14)21-18(24)15-8-6-7-9-16(15)26-5/h6-10,12-13,17H,11H2,1-5H3,(H,21,24)/t17-/m0/s1. The molecular formula is C19H26N4O3. The first-order chi connectivity index (χ1) is 12.3. The van der Waals surface area contributed by atoms with Gasteiger partial charge in [-0.15, -0.1) is 0 Å². The maximum Gasteiger partial charge on any atom is 0.255 e. The zero-order chi connectivity index (χ0) is 19.3. The molecule has 1 aromatic carbocycles. The molecule has 2 amide bonds. The van der Waals surface area contributed by atoms with Crippen molar-refractivity contribution in [3.05, 3.63) is 47.8 Å². The molecule has 0 spiro atoms. The lowest BCUT2D eigenvalue weighted by molar-refractivity contribution is -0.133. The van der Waals surface area contributed by atoms with Gasteiger partial charge in [-0.1, -0.05) is 26.0 Å². The van der Waals surface area contributed by atoms with E-state index in [4.69, 9.17) is 4.74 Å². The minimum atomic E-state index is -0.630. The molecule has 0 aliphatic carbocycles. The topological polar surface area (TPSA) is 76.5 Å². The fourth-order valence-corrected chi connectivity index (χ4v) is 2.71. The van der Waals surface area contributed by atoms with Crippen LogP contribution in [0.3, 0.4) is 0 Å². The van der Waals surface area contributed by atoms with Crippen molar-refractivity contribution in [1.82, 2.24) is 20.0 Å². The molecule has 0 bridgehead atoms. The van der Waals surface area contributed by atoms with Gasteiger partial charge in [0.1, 0.15) is 11.8 Å². The van der Waals surface area contributed by atoms with E-state index in [0.29, 0.717) is 17.9 Å². The normalized spacial score (nSPS) is 11.9. The highest BCUT2D eigenvalue weighted by Crippen LogP contribution is 2.18. The Morgan fingerprint density at radius 3 is 2.58 bits per heavy atom. The van der Waals surface area contributed by atoms with Crippen LogP contribution in [-0.2, 0) is 18.4 Å². The van der Waals surface area contributed by atoms with Crippen molar-refractivity contribution >= 4 is 11.8 Å². The van der Waals surface area contributed by atoms with E-state index in [-0.39, 0.29) is 17.7 Å². The van der Waals surface area contributed by atoms with Gasteiger partial charge in [-0.25, -0.2) is 0 Å². The molecule has 7 nitrogen and oxygen atoms in total. The Bertz CT molecular complexity index is 770. The van der Waals surface area contributed by atoms with Crippen molar-refractivity contribution in [2.24, 2.45) is 13.0 Å². The van der Waals surface area contributed by atoms with Crippen LogP contribution in [0, 0.1) is 5.92 Å². The van der Waals surface area contributed by atoms with Gasteiger partial charge in [0.15, 0.2) is 0 Å². The van der Waals surface area contributed by atoms with Gasteiger partial charge in [-0.2, -0.15) is 5.10 Å². The lowest BCUT2D eigenvalue weighted by atomic mass is 10.0. The summed E-state index contributed by atoms with van der Waals surface area (Å²) in [7, 11) is 5.06. The molecule has 1 N–H and O–H groups in total. The van der Waals surface area contributed by atoms with Crippen molar-refractivity contribution < 1.29 is 14.3 Å². The lowest BCUT2D eigenvalue weighted by Gasteiger charge is -2.27. The molecule has 0 saturated heterocycles. The number of benzene rings is 1. The molecule has 0 aliphatic rings. The van der Waals surface area contributed by atoms with E-state index >= 15 is 0 Å². The van der Waals surface area contributed by atoms with Crippen molar-refractivity contribution in [3.63, 3.8) is 0 Å². The van der Waals surface area contributed by atoms with Crippen LogP contribution >= 0.6 is 0 Å². The second-order valence-corrected chi connectivity index (χ2v) is 6.61. The Balaban J connectivity index is 2.12. The Morgan fingerprint density at radius 1 is 1.31 bits per heavy atom. The van der Waals surface area contributed by atoms with E-state index in [1.54, 1.807) is 47.1 Å². The molecule has 1 atom stereocenters. The fourth-order valence-electron chi connectivity index (χ4n) is 2.71. The first-order valence-electron chi connectivity index (χ1n) is 8.49. The number of hydrogen-bond donors (Lipinski definition) is 1. The summed E-state index contributed by atoms with van der Waals surface area (Å²) in [5.41, 5.74) is 1.34. The van der Waals surface area contributed by atoms with Crippen LogP contribution in [-0.4, -0.2) is 46.7 Å². The van der Waals surface area contributed by atoms with Crippen LogP contribution in [0.2, 0.25) is 0 Å². The minimum Gasteiger partial charge on any atom is -0.496 e. The zero-order valence-electron chi connectivity index (χ0n) is 15.9. The number of hydrogen-bond acceptors (Lipinski definition) is 4. The van der Waals surface area contributed by atoms with Gasteiger partial charge in [-0.3, -0.25) is 14.3 Å². The van der Waals surface area contributed by atoms with Gasteiger partial charge in [0.05, 0.1) is 18.9 Å². The van der Waals surface area contributed by atoms with Crippen LogP contribution in [0.25, 0.3) is 0 Å². The number of para-hydroxylation sites is 1. The largest absolute Gasteiger partial charge is 0.496 e. The maximum absolute atomic E-state index is 12.9. The molecular weight excluding hydrogens is 332 g/mol. The average Bonchev–Trinajstić information content (AvgIpc) is 3.03. The molecule has 7 heteroatoms. The second-order valence-electron chi connectivity index (χ2n) is 6.61. The van der Waals surface area contributed by atoms with Crippen molar-refractivity contribution in [1.29, 1.82) is 0 Å². The zero-order valence-corrected chi connectivity index (χ0v) is 15.9. The van der Waals surface area contributed by atoms with Gasteiger partial charge in [0, 0.05) is 32.4 Å². The first kappa shape index (κ1) is 19.5. The smallest absolute Gasteiger partial charge is 0.255 e. The van der Waals surface area contributed by atoms with Crippen LogP contribution in [0.5, 0.6) is 5.75 Å². The highest BCUT2D eigenvalue weighted by molar-refractivity contribution is 5.99. The third-order valence-electron chi connectivity index (χ3n) is 4.13. The summed E-state index contributed by atoms with van der Waals surface area (Å²) in [6, 6.07) is 6.32. The average molecular weight is 358 g/mol. The van der Waals surface area contributed by atoms with E-state index in [9.17, 15) is 9.59 Å². The predicted molar refractivity (Wildman–Crippen MR) is 98.8 cm³/mol. The molecule has 140 valence electrons. The third kappa shape index (κ3) is 4.62. The number of amides is 2. The van der Waals surface area contributed by atoms with Crippen molar-refractivity contribution in [3.8, 4) is 5.75 Å². The van der Waals surface area contributed by atoms with Gasteiger partial charge < -0.3 is 15.0 Å². The highest BCUT2D eigenvalue weighted by atomic mass is 16.5. The molecule has 26 heavy (non-hydrogen) atoms. The summed E-state index contributed by atoms with van der Waals surface area (Å²) in [6.07, 6.45) is 3.59. The summed E-state index contributed by atoms with van der Waals surface area (Å²) in [5, 5.41) is 6.96. The summed E-state index contributed by atoms with van der Waals surface area (Å²) in [5.74, 6) is -0.0578. The summed E-state index contributed by atoms with van der Waals surface area (Å²) in [6.45, 7) is 4.24. The number of carbonyl (C=O) groups is 2. The molecule has 0 unspecified atom stereocenters. The van der Waals surface area contributed by atoms with E-state index in [1.165, 1.54) is 7.11 Å². The lowest BCUT2D eigenvalue weighted by Crippen LogP contribution is -2.50. The number of rotatable bonds is 7. The Morgan fingerprint density at radius 2 is 2.00 bits per heavy atom.